The molecular formula is C19H20FN3O3S. The molecule has 142 valence electrons. The van der Waals surface area contributed by atoms with Gasteiger partial charge in [0.05, 0.1) is 16.3 Å². The predicted molar refractivity (Wildman–Crippen MR) is 99.8 cm³/mol. The van der Waals surface area contributed by atoms with Crippen LogP contribution in [-0.4, -0.2) is 19.7 Å². The molecule has 3 aromatic rings. The van der Waals surface area contributed by atoms with Gasteiger partial charge in [-0.15, -0.1) is 0 Å². The van der Waals surface area contributed by atoms with Crippen LogP contribution in [0, 0.1) is 10.6 Å². The number of benzene rings is 2. The van der Waals surface area contributed by atoms with Crippen LogP contribution in [-0.2, 0) is 22.7 Å². The van der Waals surface area contributed by atoms with Gasteiger partial charge in [0.25, 0.3) is 0 Å². The molecule has 0 radical (unpaired) electrons. The third-order valence-electron chi connectivity index (χ3n) is 4.15. The highest BCUT2D eigenvalue weighted by molar-refractivity contribution is 7.92. The molecule has 0 saturated carbocycles. The van der Waals surface area contributed by atoms with E-state index in [0.29, 0.717) is 29.3 Å². The maximum absolute atomic E-state index is 13.1. The quantitative estimate of drug-likeness (QED) is 0.670. The van der Waals surface area contributed by atoms with Crippen LogP contribution in [0.4, 0.5) is 4.39 Å². The van der Waals surface area contributed by atoms with Gasteiger partial charge in [0.1, 0.15) is 5.82 Å². The molecule has 0 aliphatic heterocycles. The first-order valence-corrected chi connectivity index (χ1v) is 10.3. The molecule has 0 saturated heterocycles. The first kappa shape index (κ1) is 19.0. The topological polar surface area (TPSA) is 88.9 Å². The molecule has 3 rings (SSSR count). The molecule has 1 aromatic heterocycles. The normalized spacial score (nSPS) is 13.4. The number of hydrogen-bond acceptors (Lipinski definition) is 5. The van der Waals surface area contributed by atoms with E-state index in [4.69, 9.17) is 9.30 Å². The third-order valence-corrected chi connectivity index (χ3v) is 6.15. The average molecular weight is 389 g/mol. The molecule has 0 fully saturated rings. The van der Waals surface area contributed by atoms with Gasteiger partial charge in [-0.1, -0.05) is 36.3 Å². The fourth-order valence-electron chi connectivity index (χ4n) is 2.80. The van der Waals surface area contributed by atoms with E-state index in [-0.39, 0.29) is 12.4 Å². The van der Waals surface area contributed by atoms with E-state index in [2.05, 4.69) is 5.16 Å². The Morgan fingerprint density at radius 2 is 1.93 bits per heavy atom. The van der Waals surface area contributed by atoms with Crippen molar-refractivity contribution in [1.82, 2.24) is 9.72 Å². The van der Waals surface area contributed by atoms with Crippen molar-refractivity contribution in [2.45, 2.75) is 31.2 Å². The van der Waals surface area contributed by atoms with Crippen molar-refractivity contribution >= 4 is 9.73 Å². The molecule has 8 heteroatoms. The zero-order valence-corrected chi connectivity index (χ0v) is 15.7. The number of aromatic nitrogens is 2. The Balaban J connectivity index is 1.87. The van der Waals surface area contributed by atoms with Gasteiger partial charge in [-0.3, -0.25) is 9.09 Å². The van der Waals surface area contributed by atoms with Crippen LogP contribution in [0.2, 0.25) is 0 Å². The van der Waals surface area contributed by atoms with Gasteiger partial charge in [0.2, 0.25) is 0 Å². The van der Waals surface area contributed by atoms with E-state index in [0.717, 1.165) is 11.1 Å². The Bertz CT molecular complexity index is 1090. The molecule has 0 amide bonds. The van der Waals surface area contributed by atoms with E-state index in [1.807, 2.05) is 6.92 Å². The van der Waals surface area contributed by atoms with E-state index in [9.17, 15) is 13.4 Å². The Morgan fingerprint density at radius 3 is 2.63 bits per heavy atom. The number of rotatable bonds is 7. The second-order valence-electron chi connectivity index (χ2n) is 6.28. The van der Waals surface area contributed by atoms with E-state index >= 15 is 0 Å². The van der Waals surface area contributed by atoms with Gasteiger partial charge in [0.15, 0.2) is 5.82 Å². The molecule has 1 atom stereocenters. The lowest BCUT2D eigenvalue weighted by atomic mass is 10.1. The Labute approximate surface area is 156 Å². The van der Waals surface area contributed by atoms with Crippen molar-refractivity contribution in [1.29, 1.82) is 4.78 Å². The largest absolute Gasteiger partial charge is 0.441 e. The van der Waals surface area contributed by atoms with E-state index in [1.54, 1.807) is 36.4 Å². The summed E-state index contributed by atoms with van der Waals surface area (Å²) in [4.78, 5) is 12.5. The van der Waals surface area contributed by atoms with Crippen LogP contribution in [0.25, 0.3) is 0 Å². The van der Waals surface area contributed by atoms with Crippen LogP contribution in [0.5, 0.6) is 0 Å². The van der Waals surface area contributed by atoms with E-state index < -0.39 is 15.5 Å². The maximum Gasteiger partial charge on any atom is 0.441 e. The number of hydrogen-bond donors (Lipinski definition) is 1. The Kier molecular flexibility index (Phi) is 5.55. The molecule has 1 heterocycles. The summed E-state index contributed by atoms with van der Waals surface area (Å²) in [5.41, 5.74) is 1.53. The Morgan fingerprint density at radius 1 is 1.19 bits per heavy atom. The van der Waals surface area contributed by atoms with Gasteiger partial charge in [-0.25, -0.2) is 18.2 Å². The number of nitrogens with one attached hydrogen (secondary N) is 1. The maximum atomic E-state index is 13.1. The van der Waals surface area contributed by atoms with Gasteiger partial charge < -0.3 is 0 Å². The van der Waals surface area contributed by atoms with Crippen LogP contribution in [0.15, 0.2) is 62.7 Å². The minimum Gasteiger partial charge on any atom is -0.296 e. The van der Waals surface area contributed by atoms with Crippen LogP contribution >= 0.6 is 0 Å². The zero-order valence-electron chi connectivity index (χ0n) is 14.9. The second-order valence-corrected chi connectivity index (χ2v) is 8.51. The summed E-state index contributed by atoms with van der Waals surface area (Å²) in [6, 6.07) is 12.8. The molecule has 0 aliphatic carbocycles. The Hall–Kier alpha value is -2.74. The molecule has 0 aliphatic rings. The van der Waals surface area contributed by atoms with Crippen LogP contribution in [0.3, 0.4) is 0 Å². The molecule has 27 heavy (non-hydrogen) atoms. The molecular weight excluding hydrogens is 369 g/mol. The summed E-state index contributed by atoms with van der Waals surface area (Å²) < 4.78 is 39.8. The van der Waals surface area contributed by atoms with Crippen molar-refractivity contribution in [3.05, 3.63) is 81.9 Å². The summed E-state index contributed by atoms with van der Waals surface area (Å²) in [7, 11) is -2.85. The highest BCUT2D eigenvalue weighted by Crippen LogP contribution is 2.16. The lowest BCUT2D eigenvalue weighted by Crippen LogP contribution is -2.18. The van der Waals surface area contributed by atoms with Gasteiger partial charge in [0, 0.05) is 17.1 Å². The minimum absolute atomic E-state index is 0.189. The smallest absolute Gasteiger partial charge is 0.296 e. The van der Waals surface area contributed by atoms with Crippen LogP contribution in [0.1, 0.15) is 30.3 Å². The van der Waals surface area contributed by atoms with Gasteiger partial charge >= 0.3 is 5.76 Å². The highest BCUT2D eigenvalue weighted by atomic mass is 32.2. The monoisotopic (exact) mass is 389 g/mol. The first-order chi connectivity index (χ1) is 12.9. The SMILES string of the molecule is CCCS(=N)(=O)c1cccc(Cn2c(Cc3ccc(F)cc3)noc2=O)c1. The number of nitrogens with zero attached hydrogens (tertiary/aromatic N) is 2. The fraction of sp³-hybridized carbons (Fsp3) is 0.263. The first-order valence-electron chi connectivity index (χ1n) is 8.54. The summed E-state index contributed by atoms with van der Waals surface area (Å²) in [6.07, 6.45) is 0.968. The lowest BCUT2D eigenvalue weighted by molar-refractivity contribution is 0.375. The van der Waals surface area contributed by atoms with Crippen molar-refractivity contribution in [3.63, 3.8) is 0 Å². The van der Waals surface area contributed by atoms with Gasteiger partial charge in [-0.2, -0.15) is 0 Å². The van der Waals surface area contributed by atoms with Gasteiger partial charge in [-0.05, 0) is 41.8 Å². The van der Waals surface area contributed by atoms with E-state index in [1.165, 1.54) is 16.7 Å². The lowest BCUT2D eigenvalue weighted by Gasteiger charge is -2.09. The second kappa shape index (κ2) is 7.87. The summed E-state index contributed by atoms with van der Waals surface area (Å²) in [5.74, 6) is -0.228. The molecule has 6 nitrogen and oxygen atoms in total. The average Bonchev–Trinajstić information content (AvgIpc) is 2.97. The van der Waals surface area contributed by atoms with Crippen molar-refractivity contribution in [2.75, 3.05) is 5.75 Å². The number of halogens is 1. The highest BCUT2D eigenvalue weighted by Gasteiger charge is 2.14. The molecule has 0 bridgehead atoms. The molecule has 2 aromatic carbocycles. The fourth-order valence-corrected chi connectivity index (χ4v) is 4.25. The van der Waals surface area contributed by atoms with Crippen molar-refractivity contribution in [3.8, 4) is 0 Å². The molecule has 1 unspecified atom stereocenters. The standard InChI is InChI=1S/C19H20FN3O3S/c1-2-10-27(21,25)17-5-3-4-15(11-17)13-23-18(22-26-19(23)24)12-14-6-8-16(20)9-7-14/h3-9,11,21H,2,10,12-13H2,1H3. The summed E-state index contributed by atoms with van der Waals surface area (Å²) >= 11 is 0. The minimum atomic E-state index is -2.85. The zero-order chi connectivity index (χ0) is 19.4. The molecule has 1 N–H and O–H groups in total. The van der Waals surface area contributed by atoms with Crippen LogP contribution < -0.4 is 5.76 Å². The van der Waals surface area contributed by atoms with Crippen molar-refractivity contribution < 1.29 is 13.1 Å². The predicted octanol–water partition coefficient (Wildman–Crippen LogP) is 3.43. The summed E-state index contributed by atoms with van der Waals surface area (Å²) in [5, 5.41) is 3.82. The molecule has 0 spiro atoms. The third kappa shape index (κ3) is 4.51. The van der Waals surface area contributed by atoms with Crippen molar-refractivity contribution in [2.24, 2.45) is 0 Å². The summed E-state index contributed by atoms with van der Waals surface area (Å²) in [6.45, 7) is 2.07.